The van der Waals surface area contributed by atoms with Crippen LogP contribution in [0.25, 0.3) is 0 Å². The van der Waals surface area contributed by atoms with Gasteiger partial charge in [0.25, 0.3) is 0 Å². The molecule has 0 fully saturated rings. The first-order valence-corrected chi connectivity index (χ1v) is 5.75. The van der Waals surface area contributed by atoms with E-state index >= 15 is 0 Å². The van der Waals surface area contributed by atoms with E-state index < -0.39 is 0 Å². The Morgan fingerprint density at radius 3 is 2.24 bits per heavy atom. The largest absolute Gasteiger partial charge is 0.487 e. The van der Waals surface area contributed by atoms with Crippen LogP contribution < -0.4 is 4.74 Å². The second kappa shape index (κ2) is 4.62. The minimum Gasteiger partial charge on any atom is -0.487 e. The van der Waals surface area contributed by atoms with Crippen LogP contribution >= 0.6 is 0 Å². The molecule has 0 saturated carbocycles. The Morgan fingerprint density at radius 1 is 1.06 bits per heavy atom. The number of hydrogen-bond acceptors (Lipinski definition) is 2. The molecule has 3 nitrogen and oxygen atoms in total. The van der Waals surface area contributed by atoms with E-state index in [2.05, 4.69) is 25.0 Å². The highest BCUT2D eigenvalue weighted by Crippen LogP contribution is 2.17. The van der Waals surface area contributed by atoms with Crippen LogP contribution in [0.5, 0.6) is 5.75 Å². The van der Waals surface area contributed by atoms with E-state index in [1.807, 2.05) is 36.9 Å². The van der Waals surface area contributed by atoms with Gasteiger partial charge in [-0.3, -0.25) is 4.68 Å². The van der Waals surface area contributed by atoms with E-state index in [1.165, 1.54) is 11.1 Å². The van der Waals surface area contributed by atoms with Crippen molar-refractivity contribution in [2.24, 2.45) is 7.05 Å². The van der Waals surface area contributed by atoms with E-state index in [1.54, 1.807) is 0 Å². The maximum absolute atomic E-state index is 5.75. The molecule has 0 radical (unpaired) electrons. The fourth-order valence-electron chi connectivity index (χ4n) is 1.88. The van der Waals surface area contributed by atoms with Crippen LogP contribution in [0.4, 0.5) is 0 Å². The van der Waals surface area contributed by atoms with E-state index in [-0.39, 0.29) is 0 Å². The molecule has 3 heteroatoms. The number of aryl methyl sites for hydroxylation is 4. The number of rotatable bonds is 3. The predicted octanol–water partition coefficient (Wildman–Crippen LogP) is 2.92. The third kappa shape index (κ3) is 2.87. The molecule has 0 aliphatic heterocycles. The fourth-order valence-corrected chi connectivity index (χ4v) is 1.88. The second-order valence-corrected chi connectivity index (χ2v) is 4.51. The van der Waals surface area contributed by atoms with Gasteiger partial charge in [-0.05, 0) is 50.1 Å². The smallest absolute Gasteiger partial charge is 0.132 e. The average molecular weight is 230 g/mol. The minimum absolute atomic E-state index is 0.518. The van der Waals surface area contributed by atoms with Crippen molar-refractivity contribution in [3.63, 3.8) is 0 Å². The number of hydrogen-bond donors (Lipinski definition) is 0. The predicted molar refractivity (Wildman–Crippen MR) is 68.2 cm³/mol. The van der Waals surface area contributed by atoms with Crippen molar-refractivity contribution in [2.75, 3.05) is 0 Å². The first-order chi connectivity index (χ1) is 8.04. The summed E-state index contributed by atoms with van der Waals surface area (Å²) in [5.41, 5.74) is 4.54. The summed E-state index contributed by atoms with van der Waals surface area (Å²) < 4.78 is 7.61. The quantitative estimate of drug-likeness (QED) is 0.810. The lowest BCUT2D eigenvalue weighted by molar-refractivity contribution is 0.299. The SMILES string of the molecule is Cc1cc(C)cc(OCc2cc(C)n(C)n2)c1. The lowest BCUT2D eigenvalue weighted by Crippen LogP contribution is -1.98. The third-order valence-electron chi connectivity index (χ3n) is 2.75. The fraction of sp³-hybridized carbons (Fsp3) is 0.357. The summed E-state index contributed by atoms with van der Waals surface area (Å²) in [6.45, 7) is 6.70. The topological polar surface area (TPSA) is 27.1 Å². The molecule has 0 saturated heterocycles. The number of ether oxygens (including phenoxy) is 1. The standard InChI is InChI=1S/C14H18N2O/c1-10-5-11(2)7-14(6-10)17-9-13-8-12(3)16(4)15-13/h5-8H,9H2,1-4H3. The molecule has 0 bridgehead atoms. The van der Waals surface area contributed by atoms with Crippen molar-refractivity contribution < 1.29 is 4.74 Å². The molecule has 0 aliphatic carbocycles. The summed E-state index contributed by atoms with van der Waals surface area (Å²) in [6, 6.07) is 8.27. The summed E-state index contributed by atoms with van der Waals surface area (Å²) >= 11 is 0. The average Bonchev–Trinajstić information content (AvgIpc) is 2.54. The Balaban J connectivity index is 2.07. The van der Waals surface area contributed by atoms with Gasteiger partial charge in [-0.15, -0.1) is 0 Å². The van der Waals surface area contributed by atoms with Crippen LogP contribution in [0.2, 0.25) is 0 Å². The van der Waals surface area contributed by atoms with Gasteiger partial charge in [-0.1, -0.05) is 6.07 Å². The molecule has 17 heavy (non-hydrogen) atoms. The minimum atomic E-state index is 0.518. The van der Waals surface area contributed by atoms with Crippen LogP contribution in [0, 0.1) is 20.8 Å². The van der Waals surface area contributed by atoms with Crippen molar-refractivity contribution in [3.8, 4) is 5.75 Å². The van der Waals surface area contributed by atoms with Gasteiger partial charge in [0.2, 0.25) is 0 Å². The van der Waals surface area contributed by atoms with Crippen LogP contribution in [0.3, 0.4) is 0 Å². The Bertz CT molecular complexity index is 489. The second-order valence-electron chi connectivity index (χ2n) is 4.51. The van der Waals surface area contributed by atoms with Gasteiger partial charge in [0.1, 0.15) is 18.1 Å². The first kappa shape index (κ1) is 11.7. The van der Waals surface area contributed by atoms with E-state index in [4.69, 9.17) is 4.74 Å². The van der Waals surface area contributed by atoms with E-state index in [9.17, 15) is 0 Å². The van der Waals surface area contributed by atoms with Gasteiger partial charge >= 0.3 is 0 Å². The molecule has 1 heterocycles. The number of aromatic nitrogens is 2. The molecular weight excluding hydrogens is 212 g/mol. The van der Waals surface area contributed by atoms with Crippen molar-refractivity contribution in [1.29, 1.82) is 0 Å². The molecular formula is C14H18N2O. The summed E-state index contributed by atoms with van der Waals surface area (Å²) in [5, 5.41) is 4.36. The van der Waals surface area contributed by atoms with Gasteiger partial charge in [0.15, 0.2) is 0 Å². The number of nitrogens with zero attached hydrogens (tertiary/aromatic N) is 2. The van der Waals surface area contributed by atoms with Gasteiger partial charge in [0.05, 0.1) is 0 Å². The third-order valence-corrected chi connectivity index (χ3v) is 2.75. The first-order valence-electron chi connectivity index (χ1n) is 5.75. The summed E-state index contributed by atoms with van der Waals surface area (Å²) in [6.07, 6.45) is 0. The van der Waals surface area contributed by atoms with Crippen molar-refractivity contribution >= 4 is 0 Å². The van der Waals surface area contributed by atoms with Crippen LogP contribution in [0.1, 0.15) is 22.5 Å². The zero-order valence-corrected chi connectivity index (χ0v) is 10.8. The molecule has 0 spiro atoms. The van der Waals surface area contributed by atoms with Gasteiger partial charge in [-0.25, -0.2) is 0 Å². The highest BCUT2D eigenvalue weighted by atomic mass is 16.5. The highest BCUT2D eigenvalue weighted by molar-refractivity contribution is 5.33. The summed E-state index contributed by atoms with van der Waals surface area (Å²) in [5.74, 6) is 0.908. The molecule has 2 rings (SSSR count). The number of benzene rings is 1. The Kier molecular flexibility index (Phi) is 3.18. The summed E-state index contributed by atoms with van der Waals surface area (Å²) in [4.78, 5) is 0. The van der Waals surface area contributed by atoms with Gasteiger partial charge in [0, 0.05) is 12.7 Å². The maximum atomic E-state index is 5.75. The highest BCUT2D eigenvalue weighted by Gasteiger charge is 2.03. The van der Waals surface area contributed by atoms with E-state index in [0.29, 0.717) is 6.61 Å². The molecule has 0 atom stereocenters. The zero-order valence-electron chi connectivity index (χ0n) is 10.8. The lowest BCUT2D eigenvalue weighted by atomic mass is 10.1. The molecule has 2 aromatic rings. The van der Waals surface area contributed by atoms with Crippen LogP contribution in [0.15, 0.2) is 24.3 Å². The van der Waals surface area contributed by atoms with Crippen LogP contribution in [-0.2, 0) is 13.7 Å². The molecule has 0 unspecified atom stereocenters. The summed E-state index contributed by atoms with van der Waals surface area (Å²) in [7, 11) is 1.94. The van der Waals surface area contributed by atoms with E-state index in [0.717, 1.165) is 17.1 Å². The molecule has 0 amide bonds. The molecule has 1 aromatic carbocycles. The zero-order chi connectivity index (χ0) is 12.4. The Morgan fingerprint density at radius 2 is 1.71 bits per heavy atom. The molecule has 0 aliphatic rings. The normalized spacial score (nSPS) is 10.6. The van der Waals surface area contributed by atoms with Gasteiger partial charge in [-0.2, -0.15) is 5.10 Å². The van der Waals surface area contributed by atoms with Crippen molar-refractivity contribution in [2.45, 2.75) is 27.4 Å². The van der Waals surface area contributed by atoms with Crippen molar-refractivity contribution in [1.82, 2.24) is 9.78 Å². The van der Waals surface area contributed by atoms with Crippen molar-refractivity contribution in [3.05, 3.63) is 46.8 Å². The monoisotopic (exact) mass is 230 g/mol. The molecule has 1 aromatic heterocycles. The lowest BCUT2D eigenvalue weighted by Gasteiger charge is -2.06. The van der Waals surface area contributed by atoms with Gasteiger partial charge < -0.3 is 4.74 Å². The molecule has 90 valence electrons. The van der Waals surface area contributed by atoms with Crippen LogP contribution in [-0.4, -0.2) is 9.78 Å². The molecule has 0 N–H and O–H groups in total. The maximum Gasteiger partial charge on any atom is 0.132 e. The Hall–Kier alpha value is -1.77. The Labute approximate surface area is 102 Å².